The van der Waals surface area contributed by atoms with E-state index in [9.17, 15) is 19.7 Å². The Hall–Kier alpha value is -3.20. The van der Waals surface area contributed by atoms with Crippen LogP contribution in [0.5, 0.6) is 5.75 Å². The van der Waals surface area contributed by atoms with Crippen molar-refractivity contribution in [1.82, 2.24) is 0 Å². The van der Waals surface area contributed by atoms with E-state index >= 15 is 0 Å². The van der Waals surface area contributed by atoms with Gasteiger partial charge in [-0.05, 0) is 30.3 Å². The fourth-order valence-electron chi connectivity index (χ4n) is 3.11. The van der Waals surface area contributed by atoms with E-state index in [1.165, 1.54) is 39.3 Å². The number of nitrogens with zero attached hydrogens (tertiary/aromatic N) is 2. The van der Waals surface area contributed by atoms with E-state index in [1.807, 2.05) is 0 Å². The Balaban J connectivity index is 2.29. The van der Waals surface area contributed by atoms with Crippen molar-refractivity contribution in [3.8, 4) is 5.75 Å². The summed E-state index contributed by atoms with van der Waals surface area (Å²) in [4.78, 5) is 36.7. The van der Waals surface area contributed by atoms with Crippen molar-refractivity contribution in [1.29, 1.82) is 0 Å². The fraction of sp³-hybridized carbons (Fsp3) is 0.158. The molecule has 28 heavy (non-hydrogen) atoms. The van der Waals surface area contributed by atoms with E-state index in [2.05, 4.69) is 15.9 Å². The van der Waals surface area contributed by atoms with E-state index in [1.54, 1.807) is 18.2 Å². The number of hydrogen-bond acceptors (Lipinski definition) is 6. The maximum atomic E-state index is 13.0. The summed E-state index contributed by atoms with van der Waals surface area (Å²) in [5.41, 5.74) is 1.34. The van der Waals surface area contributed by atoms with Crippen molar-refractivity contribution in [3.63, 3.8) is 0 Å². The van der Waals surface area contributed by atoms with E-state index in [-0.39, 0.29) is 22.8 Å². The van der Waals surface area contributed by atoms with Crippen molar-refractivity contribution >= 4 is 50.5 Å². The van der Waals surface area contributed by atoms with E-state index < -0.39 is 16.7 Å². The lowest BCUT2D eigenvalue weighted by Crippen LogP contribution is -2.31. The molecule has 0 atom stereocenters. The summed E-state index contributed by atoms with van der Waals surface area (Å²) in [5, 5.41) is 11.1. The molecule has 144 valence electrons. The number of ether oxygens (including phenoxy) is 2. The molecule has 3 rings (SSSR count). The van der Waals surface area contributed by atoms with Gasteiger partial charge in [0.05, 0.1) is 30.4 Å². The number of carbonyl (C=O) groups excluding carboxylic acids is 2. The molecule has 0 aliphatic carbocycles. The second kappa shape index (κ2) is 7.43. The number of benzene rings is 2. The second-order valence-corrected chi connectivity index (χ2v) is 6.79. The minimum absolute atomic E-state index is 0.0287. The number of nitro benzene ring substituents is 1. The summed E-state index contributed by atoms with van der Waals surface area (Å²) in [7, 11) is 2.70. The average Bonchev–Trinajstić information content (AvgIpc) is 2.94. The standard InChI is InChI=1S/C19H15BrN2O6/c1-10(23)21-14-7-5-12(20)9-13(14)17(19(21)24)18(28-3)11-4-6-15(22(25)26)16(8-11)27-2/h4-9H,1-3H3. The first-order valence-electron chi connectivity index (χ1n) is 8.06. The average molecular weight is 447 g/mol. The van der Waals surface area contributed by atoms with Crippen LogP contribution in [0.3, 0.4) is 0 Å². The van der Waals surface area contributed by atoms with Crippen molar-refractivity contribution in [2.45, 2.75) is 6.92 Å². The largest absolute Gasteiger partial charge is 0.495 e. The molecule has 0 aromatic heterocycles. The van der Waals surface area contributed by atoms with Gasteiger partial charge in [-0.15, -0.1) is 0 Å². The summed E-state index contributed by atoms with van der Waals surface area (Å²) >= 11 is 3.37. The predicted octanol–water partition coefficient (Wildman–Crippen LogP) is 3.77. The van der Waals surface area contributed by atoms with Gasteiger partial charge in [0.25, 0.3) is 5.91 Å². The first-order chi connectivity index (χ1) is 13.3. The molecule has 2 aromatic carbocycles. The third-order valence-electron chi connectivity index (χ3n) is 4.27. The zero-order valence-corrected chi connectivity index (χ0v) is 16.8. The topological polar surface area (TPSA) is 99.0 Å². The number of anilines is 1. The highest BCUT2D eigenvalue weighted by molar-refractivity contribution is 9.10. The molecule has 2 aromatic rings. The molecule has 0 N–H and O–H groups in total. The van der Waals surface area contributed by atoms with Gasteiger partial charge in [-0.1, -0.05) is 15.9 Å². The number of nitro groups is 1. The zero-order valence-electron chi connectivity index (χ0n) is 15.2. The molecular formula is C19H15BrN2O6. The molecule has 9 heteroatoms. The molecule has 0 saturated heterocycles. The third-order valence-corrected chi connectivity index (χ3v) is 4.76. The Morgan fingerprint density at radius 2 is 1.89 bits per heavy atom. The third kappa shape index (κ3) is 3.13. The SMILES string of the molecule is COC(=C1C(=O)N(C(C)=O)c2ccc(Br)cc21)c1ccc([N+](=O)[O-])c(OC)c1. The van der Waals surface area contributed by atoms with Gasteiger partial charge >= 0.3 is 5.69 Å². The normalized spacial score (nSPS) is 14.6. The molecule has 0 saturated carbocycles. The number of imide groups is 1. The van der Waals surface area contributed by atoms with Crippen LogP contribution in [0, 0.1) is 10.1 Å². The Morgan fingerprint density at radius 3 is 2.46 bits per heavy atom. The van der Waals surface area contributed by atoms with E-state index in [0.29, 0.717) is 16.8 Å². The highest BCUT2D eigenvalue weighted by Gasteiger charge is 2.38. The summed E-state index contributed by atoms with van der Waals surface area (Å²) < 4.78 is 11.3. The lowest BCUT2D eigenvalue weighted by Gasteiger charge is -2.13. The molecule has 1 aliphatic rings. The Bertz CT molecular complexity index is 1050. The maximum absolute atomic E-state index is 13.0. The summed E-state index contributed by atoms with van der Waals surface area (Å²) in [5.74, 6) is -0.752. The quantitative estimate of drug-likeness (QED) is 0.306. The van der Waals surface area contributed by atoms with Gasteiger partial charge in [-0.3, -0.25) is 19.7 Å². The minimum Gasteiger partial charge on any atom is -0.495 e. The van der Waals surface area contributed by atoms with Gasteiger partial charge in [0.2, 0.25) is 5.91 Å². The minimum atomic E-state index is -0.563. The fourth-order valence-corrected chi connectivity index (χ4v) is 3.47. The van der Waals surface area contributed by atoms with Crippen molar-refractivity contribution in [2.24, 2.45) is 0 Å². The molecule has 0 unspecified atom stereocenters. The molecule has 0 radical (unpaired) electrons. The van der Waals surface area contributed by atoms with Crippen LogP contribution in [0.2, 0.25) is 0 Å². The van der Waals surface area contributed by atoms with Crippen molar-refractivity contribution in [2.75, 3.05) is 19.1 Å². The lowest BCUT2D eigenvalue weighted by atomic mass is 10.0. The van der Waals surface area contributed by atoms with E-state index in [4.69, 9.17) is 9.47 Å². The number of amides is 2. The van der Waals surface area contributed by atoms with Gasteiger partial charge in [-0.2, -0.15) is 0 Å². The van der Waals surface area contributed by atoms with Crippen LogP contribution in [0.15, 0.2) is 40.9 Å². The first kappa shape index (κ1) is 19.6. The summed E-state index contributed by atoms with van der Waals surface area (Å²) in [6.45, 7) is 1.30. The second-order valence-electron chi connectivity index (χ2n) is 5.87. The number of rotatable bonds is 4. The molecular weight excluding hydrogens is 432 g/mol. The summed E-state index contributed by atoms with van der Waals surface area (Å²) in [6.07, 6.45) is 0. The van der Waals surface area contributed by atoms with Gasteiger partial charge in [0.1, 0.15) is 5.76 Å². The van der Waals surface area contributed by atoms with Crippen molar-refractivity contribution in [3.05, 3.63) is 62.1 Å². The van der Waals surface area contributed by atoms with Crippen LogP contribution in [0.4, 0.5) is 11.4 Å². The number of methoxy groups -OCH3 is 2. The molecule has 0 bridgehead atoms. The molecule has 1 aliphatic heterocycles. The molecule has 1 heterocycles. The zero-order chi connectivity index (χ0) is 20.6. The highest BCUT2D eigenvalue weighted by Crippen LogP contribution is 2.43. The Kier molecular flexibility index (Phi) is 5.19. The maximum Gasteiger partial charge on any atom is 0.310 e. The molecule has 0 fully saturated rings. The van der Waals surface area contributed by atoms with E-state index in [0.717, 1.165) is 9.37 Å². The van der Waals surface area contributed by atoms with Gasteiger partial charge < -0.3 is 9.47 Å². The number of carbonyl (C=O) groups is 2. The van der Waals surface area contributed by atoms with Crippen LogP contribution in [-0.2, 0) is 14.3 Å². The number of halogens is 1. The Labute approximate surface area is 168 Å². The monoisotopic (exact) mass is 446 g/mol. The predicted molar refractivity (Wildman–Crippen MR) is 106 cm³/mol. The van der Waals surface area contributed by atoms with Crippen molar-refractivity contribution < 1.29 is 24.0 Å². The summed E-state index contributed by atoms with van der Waals surface area (Å²) in [6, 6.07) is 9.27. The number of fused-ring (bicyclic) bond motifs is 1. The van der Waals surface area contributed by atoms with Crippen LogP contribution < -0.4 is 9.64 Å². The molecule has 2 amide bonds. The molecule has 0 spiro atoms. The number of hydrogen-bond donors (Lipinski definition) is 0. The van der Waals surface area contributed by atoms with Gasteiger partial charge in [0.15, 0.2) is 5.75 Å². The highest BCUT2D eigenvalue weighted by atomic mass is 79.9. The van der Waals surface area contributed by atoms with Gasteiger partial charge in [0, 0.05) is 28.6 Å². The lowest BCUT2D eigenvalue weighted by molar-refractivity contribution is -0.385. The van der Waals surface area contributed by atoms with Crippen LogP contribution >= 0.6 is 15.9 Å². The smallest absolute Gasteiger partial charge is 0.310 e. The van der Waals surface area contributed by atoms with Crippen LogP contribution in [0.1, 0.15) is 18.1 Å². The van der Waals surface area contributed by atoms with Gasteiger partial charge in [-0.25, -0.2) is 4.90 Å². The first-order valence-corrected chi connectivity index (χ1v) is 8.85. The van der Waals surface area contributed by atoms with Crippen LogP contribution in [-0.4, -0.2) is 31.0 Å². The molecule has 8 nitrogen and oxygen atoms in total. The van der Waals surface area contributed by atoms with Crippen LogP contribution in [0.25, 0.3) is 11.3 Å². The Morgan fingerprint density at radius 1 is 1.18 bits per heavy atom.